The molecule has 1 rings (SSSR count). The third-order valence-corrected chi connectivity index (χ3v) is 2.74. The molecule has 1 aromatic carbocycles. The molecule has 0 saturated carbocycles. The van der Waals surface area contributed by atoms with E-state index in [0.29, 0.717) is 0 Å². The summed E-state index contributed by atoms with van der Waals surface area (Å²) >= 11 is 5.74. The predicted octanol–water partition coefficient (Wildman–Crippen LogP) is 4.01. The van der Waals surface area contributed by atoms with Gasteiger partial charge >= 0.3 is 0 Å². The first-order valence-electron chi connectivity index (χ1n) is 5.16. The summed E-state index contributed by atoms with van der Waals surface area (Å²) in [6.45, 7) is 3.87. The highest BCUT2D eigenvalue weighted by molar-refractivity contribution is 6.19. The number of alkyl halides is 1. The second kappa shape index (κ2) is 5.77. The standard InChI is InChI=1S/C12H13ClFNO2/c1-8(2)10(7-13)5-9-6-11(15(16)17)3-4-12(9)14/h3-6,8H,7H2,1-2H3/b10-5+. The average molecular weight is 258 g/mol. The molecule has 0 spiro atoms. The van der Waals surface area contributed by atoms with E-state index in [1.54, 1.807) is 6.08 Å². The van der Waals surface area contributed by atoms with Crippen molar-refractivity contribution in [2.45, 2.75) is 13.8 Å². The van der Waals surface area contributed by atoms with Crippen LogP contribution in [0, 0.1) is 21.8 Å². The smallest absolute Gasteiger partial charge is 0.258 e. The largest absolute Gasteiger partial charge is 0.270 e. The molecule has 92 valence electrons. The van der Waals surface area contributed by atoms with Crippen LogP contribution in [-0.4, -0.2) is 10.8 Å². The fraction of sp³-hybridized carbons (Fsp3) is 0.333. The number of halogens is 2. The quantitative estimate of drug-likeness (QED) is 0.465. The Morgan fingerprint density at radius 1 is 1.59 bits per heavy atom. The number of allylic oxidation sites excluding steroid dienone is 1. The van der Waals surface area contributed by atoms with E-state index in [1.165, 1.54) is 6.07 Å². The van der Waals surface area contributed by atoms with Crippen molar-refractivity contribution in [1.82, 2.24) is 0 Å². The fourth-order valence-electron chi connectivity index (χ4n) is 1.31. The molecule has 0 radical (unpaired) electrons. The lowest BCUT2D eigenvalue weighted by atomic mass is 10.0. The molecule has 17 heavy (non-hydrogen) atoms. The highest BCUT2D eigenvalue weighted by Gasteiger charge is 2.10. The number of hydrogen-bond donors (Lipinski definition) is 0. The van der Waals surface area contributed by atoms with Crippen molar-refractivity contribution >= 4 is 23.4 Å². The van der Waals surface area contributed by atoms with E-state index in [0.717, 1.165) is 17.7 Å². The van der Waals surface area contributed by atoms with Crippen LogP contribution in [0.3, 0.4) is 0 Å². The Labute approximate surface area is 104 Å². The average Bonchev–Trinajstić information content (AvgIpc) is 2.27. The van der Waals surface area contributed by atoms with Crippen molar-refractivity contribution in [2.75, 3.05) is 5.88 Å². The fourth-order valence-corrected chi connectivity index (χ4v) is 1.70. The Morgan fingerprint density at radius 2 is 2.24 bits per heavy atom. The Kier molecular flexibility index (Phi) is 4.63. The molecule has 3 nitrogen and oxygen atoms in total. The number of non-ortho nitro benzene ring substituents is 1. The van der Waals surface area contributed by atoms with Gasteiger partial charge in [-0.1, -0.05) is 25.5 Å². The molecular weight excluding hydrogens is 245 g/mol. The van der Waals surface area contributed by atoms with Gasteiger partial charge in [0.15, 0.2) is 0 Å². The lowest BCUT2D eigenvalue weighted by Gasteiger charge is -2.08. The zero-order chi connectivity index (χ0) is 13.0. The predicted molar refractivity (Wildman–Crippen MR) is 66.6 cm³/mol. The summed E-state index contributed by atoms with van der Waals surface area (Å²) in [7, 11) is 0. The second-order valence-electron chi connectivity index (χ2n) is 3.97. The Balaban J connectivity index is 3.21. The van der Waals surface area contributed by atoms with Gasteiger partial charge in [-0.05, 0) is 12.0 Å². The molecule has 0 aliphatic heterocycles. The van der Waals surface area contributed by atoms with E-state index in [4.69, 9.17) is 11.6 Å². The Bertz CT molecular complexity index is 458. The number of hydrogen-bond acceptors (Lipinski definition) is 2. The van der Waals surface area contributed by atoms with E-state index < -0.39 is 10.7 Å². The molecule has 1 aromatic rings. The summed E-state index contributed by atoms with van der Waals surface area (Å²) in [5.74, 6) is -0.0372. The number of nitro benzene ring substituents is 1. The minimum absolute atomic E-state index is 0.129. The Hall–Kier alpha value is -1.42. The molecular formula is C12H13ClFNO2. The molecule has 0 unspecified atom stereocenters. The van der Waals surface area contributed by atoms with Gasteiger partial charge in [-0.2, -0.15) is 0 Å². The van der Waals surface area contributed by atoms with Crippen LogP contribution >= 0.6 is 11.6 Å². The Morgan fingerprint density at radius 3 is 2.71 bits per heavy atom. The molecule has 0 fully saturated rings. The molecule has 0 amide bonds. The van der Waals surface area contributed by atoms with Gasteiger partial charge in [0.2, 0.25) is 0 Å². The van der Waals surface area contributed by atoms with Crippen molar-refractivity contribution < 1.29 is 9.31 Å². The summed E-state index contributed by atoms with van der Waals surface area (Å²) < 4.78 is 13.5. The molecule has 0 aliphatic rings. The van der Waals surface area contributed by atoms with Crippen molar-refractivity contribution in [3.8, 4) is 0 Å². The van der Waals surface area contributed by atoms with Gasteiger partial charge in [-0.3, -0.25) is 10.1 Å². The van der Waals surface area contributed by atoms with Crippen LogP contribution in [0.5, 0.6) is 0 Å². The maximum absolute atomic E-state index is 13.5. The van der Waals surface area contributed by atoms with Crippen molar-refractivity contribution in [2.24, 2.45) is 5.92 Å². The van der Waals surface area contributed by atoms with Gasteiger partial charge in [0.25, 0.3) is 5.69 Å². The van der Waals surface area contributed by atoms with Crippen LogP contribution < -0.4 is 0 Å². The van der Waals surface area contributed by atoms with E-state index in [-0.39, 0.29) is 23.0 Å². The minimum atomic E-state index is -0.549. The van der Waals surface area contributed by atoms with Crippen LogP contribution in [-0.2, 0) is 0 Å². The molecule has 0 atom stereocenters. The molecule has 0 N–H and O–H groups in total. The van der Waals surface area contributed by atoms with Crippen LogP contribution in [0.25, 0.3) is 6.08 Å². The summed E-state index contributed by atoms with van der Waals surface area (Å²) in [5, 5.41) is 10.6. The molecule has 0 bridgehead atoms. The van der Waals surface area contributed by atoms with E-state index in [9.17, 15) is 14.5 Å². The van der Waals surface area contributed by atoms with Gasteiger partial charge in [0.05, 0.1) is 4.92 Å². The molecule has 5 heteroatoms. The van der Waals surface area contributed by atoms with Crippen molar-refractivity contribution in [1.29, 1.82) is 0 Å². The van der Waals surface area contributed by atoms with Crippen LogP contribution in [0.4, 0.5) is 10.1 Å². The zero-order valence-corrected chi connectivity index (χ0v) is 10.4. The summed E-state index contributed by atoms with van der Waals surface area (Å²) in [6.07, 6.45) is 1.57. The van der Waals surface area contributed by atoms with Gasteiger partial charge in [-0.25, -0.2) is 4.39 Å². The normalized spacial score (nSPS) is 11.9. The van der Waals surface area contributed by atoms with Crippen molar-refractivity contribution in [3.05, 3.63) is 45.3 Å². The topological polar surface area (TPSA) is 43.1 Å². The first-order valence-corrected chi connectivity index (χ1v) is 5.69. The molecule has 0 aliphatic carbocycles. The SMILES string of the molecule is CC(C)/C(=C/c1cc([N+](=O)[O-])ccc1F)CCl. The highest BCUT2D eigenvalue weighted by atomic mass is 35.5. The van der Waals surface area contributed by atoms with E-state index in [2.05, 4.69) is 0 Å². The first-order chi connectivity index (χ1) is 7.95. The van der Waals surface area contributed by atoms with Gasteiger partial charge in [0.1, 0.15) is 5.82 Å². The van der Waals surface area contributed by atoms with Gasteiger partial charge < -0.3 is 0 Å². The number of rotatable bonds is 4. The number of nitro groups is 1. The minimum Gasteiger partial charge on any atom is -0.258 e. The van der Waals surface area contributed by atoms with Gasteiger partial charge in [-0.15, -0.1) is 11.6 Å². The first kappa shape index (κ1) is 13.6. The maximum Gasteiger partial charge on any atom is 0.270 e. The van der Waals surface area contributed by atoms with E-state index in [1.807, 2.05) is 13.8 Å². The summed E-state index contributed by atoms with van der Waals surface area (Å²) in [5.41, 5.74) is 0.907. The molecule has 0 saturated heterocycles. The monoisotopic (exact) mass is 257 g/mol. The number of nitrogens with zero attached hydrogens (tertiary/aromatic N) is 1. The van der Waals surface area contributed by atoms with Crippen LogP contribution in [0.1, 0.15) is 19.4 Å². The maximum atomic E-state index is 13.5. The third-order valence-electron chi connectivity index (χ3n) is 2.43. The zero-order valence-electron chi connectivity index (χ0n) is 9.61. The van der Waals surface area contributed by atoms with Crippen LogP contribution in [0.2, 0.25) is 0 Å². The van der Waals surface area contributed by atoms with Crippen molar-refractivity contribution in [3.63, 3.8) is 0 Å². The van der Waals surface area contributed by atoms with E-state index >= 15 is 0 Å². The molecule has 0 aromatic heterocycles. The third kappa shape index (κ3) is 3.53. The lowest BCUT2D eigenvalue weighted by Crippen LogP contribution is -1.97. The summed E-state index contributed by atoms with van der Waals surface area (Å²) in [6, 6.07) is 3.45. The highest BCUT2D eigenvalue weighted by Crippen LogP contribution is 2.22. The lowest BCUT2D eigenvalue weighted by molar-refractivity contribution is -0.384. The number of benzene rings is 1. The van der Waals surface area contributed by atoms with Crippen LogP contribution in [0.15, 0.2) is 23.8 Å². The second-order valence-corrected chi connectivity index (χ2v) is 4.24. The summed E-state index contributed by atoms with van der Waals surface area (Å²) in [4.78, 5) is 10.0. The van der Waals surface area contributed by atoms with Gasteiger partial charge in [0, 0.05) is 23.6 Å². The molecule has 0 heterocycles.